The van der Waals surface area contributed by atoms with E-state index >= 15 is 0 Å². The Morgan fingerprint density at radius 2 is 1.86 bits per heavy atom. The number of amides is 3. The molecule has 3 aromatic rings. The maximum absolute atomic E-state index is 13.4. The van der Waals surface area contributed by atoms with Gasteiger partial charge in [-0.25, -0.2) is 19.5 Å². The first kappa shape index (κ1) is 26.2. The lowest BCUT2D eigenvalue weighted by atomic mass is 10.1. The van der Waals surface area contributed by atoms with E-state index in [2.05, 4.69) is 36.8 Å². The normalized spacial score (nSPS) is 10.7. The summed E-state index contributed by atoms with van der Waals surface area (Å²) in [5, 5.41) is 8.46. The molecule has 0 aliphatic rings. The van der Waals surface area contributed by atoms with Gasteiger partial charge in [-0.1, -0.05) is 17.7 Å². The highest BCUT2D eigenvalue weighted by molar-refractivity contribution is 9.10. The van der Waals surface area contributed by atoms with Gasteiger partial charge in [0.1, 0.15) is 10.3 Å². The fourth-order valence-corrected chi connectivity index (χ4v) is 3.94. The maximum Gasteiger partial charge on any atom is 0.428 e. The zero-order chi connectivity index (χ0) is 25.9. The Bertz CT molecular complexity index is 1290. The number of methoxy groups -OCH3 is 1. The van der Waals surface area contributed by atoms with Crippen LogP contribution in [-0.4, -0.2) is 50.8 Å². The van der Waals surface area contributed by atoms with E-state index in [0.717, 1.165) is 10.6 Å². The number of nitrogens with zero attached hydrogens (tertiary/aromatic N) is 4. The van der Waals surface area contributed by atoms with Gasteiger partial charge in [-0.3, -0.25) is 15.0 Å². The molecular formula is C23H24BrClN6O4. The fourth-order valence-electron chi connectivity index (χ4n) is 3.29. The molecule has 3 rings (SSSR count). The second kappa shape index (κ2) is 10.9. The summed E-state index contributed by atoms with van der Waals surface area (Å²) in [6.07, 6.45) is 0.866. The number of aryl methyl sites for hydroxylation is 2. The molecule has 3 amide bonds. The van der Waals surface area contributed by atoms with E-state index in [1.807, 2.05) is 13.0 Å². The molecule has 0 atom stereocenters. The number of benzene rings is 1. The topological polar surface area (TPSA) is 118 Å². The lowest BCUT2D eigenvalue weighted by Crippen LogP contribution is -2.50. The van der Waals surface area contributed by atoms with Crippen LogP contribution in [0.5, 0.6) is 0 Å². The Balaban J connectivity index is 1.99. The SMILES string of the molecule is COC(=O)N(NC(=O)c1cc(Cl)cc(C)c1NC(=O)c1cc(Br)nn1-c1ncccc1C)C(C)C. The van der Waals surface area contributed by atoms with Crippen LogP contribution in [-0.2, 0) is 4.74 Å². The van der Waals surface area contributed by atoms with Crippen molar-refractivity contribution in [2.75, 3.05) is 12.4 Å². The predicted octanol–water partition coefficient (Wildman–Crippen LogP) is 4.67. The molecule has 10 nitrogen and oxygen atoms in total. The number of anilines is 1. The molecule has 2 N–H and O–H groups in total. The van der Waals surface area contributed by atoms with Crippen LogP contribution in [0, 0.1) is 13.8 Å². The average molecular weight is 564 g/mol. The van der Waals surface area contributed by atoms with E-state index in [0.29, 0.717) is 16.0 Å². The van der Waals surface area contributed by atoms with E-state index in [1.165, 1.54) is 17.9 Å². The second-order valence-electron chi connectivity index (χ2n) is 7.88. The van der Waals surface area contributed by atoms with Gasteiger partial charge < -0.3 is 10.1 Å². The van der Waals surface area contributed by atoms with Gasteiger partial charge in [0, 0.05) is 17.3 Å². The molecule has 184 valence electrons. The molecule has 2 heterocycles. The minimum Gasteiger partial charge on any atom is -0.452 e. The van der Waals surface area contributed by atoms with E-state index < -0.39 is 23.9 Å². The highest BCUT2D eigenvalue weighted by Crippen LogP contribution is 2.27. The van der Waals surface area contributed by atoms with Crippen molar-refractivity contribution in [2.24, 2.45) is 0 Å². The van der Waals surface area contributed by atoms with Crippen molar-refractivity contribution in [1.82, 2.24) is 25.2 Å². The minimum atomic E-state index is -0.739. The first-order chi connectivity index (χ1) is 16.5. The van der Waals surface area contributed by atoms with Crippen LogP contribution in [0.2, 0.25) is 5.02 Å². The van der Waals surface area contributed by atoms with Crippen LogP contribution in [0.3, 0.4) is 0 Å². The molecule has 0 aliphatic heterocycles. The van der Waals surface area contributed by atoms with E-state index in [4.69, 9.17) is 16.3 Å². The maximum atomic E-state index is 13.4. The molecule has 0 spiro atoms. The number of hydrogen-bond acceptors (Lipinski definition) is 6. The van der Waals surface area contributed by atoms with E-state index in [9.17, 15) is 14.4 Å². The molecule has 0 radical (unpaired) electrons. The predicted molar refractivity (Wildman–Crippen MR) is 135 cm³/mol. The number of aromatic nitrogens is 3. The number of halogens is 2. The summed E-state index contributed by atoms with van der Waals surface area (Å²) in [6.45, 7) is 6.98. The Hall–Kier alpha value is -3.44. The van der Waals surface area contributed by atoms with Crippen LogP contribution in [0.4, 0.5) is 10.5 Å². The van der Waals surface area contributed by atoms with Crippen LogP contribution in [0.25, 0.3) is 5.82 Å². The molecule has 0 bridgehead atoms. The summed E-state index contributed by atoms with van der Waals surface area (Å²) in [5.41, 5.74) is 4.36. The number of carbonyl (C=O) groups excluding carboxylic acids is 3. The molecule has 0 fully saturated rings. The number of hydrazine groups is 1. The van der Waals surface area contributed by atoms with E-state index in [-0.39, 0.29) is 22.0 Å². The molecule has 12 heteroatoms. The molecule has 1 aromatic carbocycles. The fraction of sp³-hybridized carbons (Fsp3) is 0.261. The van der Waals surface area contributed by atoms with Crippen molar-refractivity contribution in [3.63, 3.8) is 0 Å². The number of carbonyl (C=O) groups is 3. The van der Waals surface area contributed by atoms with Gasteiger partial charge in [0.2, 0.25) is 0 Å². The summed E-state index contributed by atoms with van der Waals surface area (Å²) in [4.78, 5) is 42.9. The van der Waals surface area contributed by atoms with Gasteiger partial charge in [-0.2, -0.15) is 5.10 Å². The molecular weight excluding hydrogens is 540 g/mol. The van der Waals surface area contributed by atoms with Crippen molar-refractivity contribution in [2.45, 2.75) is 33.7 Å². The lowest BCUT2D eigenvalue weighted by molar-refractivity contribution is 0.0630. The Labute approximate surface area is 215 Å². The molecule has 0 unspecified atom stereocenters. The first-order valence-corrected chi connectivity index (χ1v) is 11.7. The summed E-state index contributed by atoms with van der Waals surface area (Å²) in [7, 11) is 1.21. The monoisotopic (exact) mass is 562 g/mol. The quantitative estimate of drug-likeness (QED) is 0.436. The Morgan fingerprint density at radius 3 is 2.49 bits per heavy atom. The van der Waals surface area contributed by atoms with Gasteiger partial charge in [0.05, 0.1) is 24.4 Å². The van der Waals surface area contributed by atoms with Gasteiger partial charge in [0.25, 0.3) is 11.8 Å². The van der Waals surface area contributed by atoms with Crippen molar-refractivity contribution in [3.8, 4) is 5.82 Å². The third-order valence-corrected chi connectivity index (χ3v) is 5.59. The van der Waals surface area contributed by atoms with Crippen LogP contribution in [0.15, 0.2) is 41.1 Å². The zero-order valence-corrected chi connectivity index (χ0v) is 22.1. The minimum absolute atomic E-state index is 0.0667. The van der Waals surface area contributed by atoms with Crippen molar-refractivity contribution in [1.29, 1.82) is 0 Å². The zero-order valence-electron chi connectivity index (χ0n) is 19.7. The molecule has 35 heavy (non-hydrogen) atoms. The number of pyridine rings is 1. The number of hydrogen-bond donors (Lipinski definition) is 2. The highest BCUT2D eigenvalue weighted by Gasteiger charge is 2.25. The van der Waals surface area contributed by atoms with Crippen molar-refractivity contribution < 1.29 is 19.1 Å². The molecule has 0 saturated carbocycles. The Morgan fingerprint density at radius 1 is 1.14 bits per heavy atom. The smallest absolute Gasteiger partial charge is 0.428 e. The van der Waals surface area contributed by atoms with Crippen LogP contribution >= 0.6 is 27.5 Å². The van der Waals surface area contributed by atoms with Crippen molar-refractivity contribution >= 4 is 51.1 Å². The van der Waals surface area contributed by atoms with Crippen molar-refractivity contribution in [3.05, 3.63) is 68.5 Å². The molecule has 2 aromatic heterocycles. The largest absolute Gasteiger partial charge is 0.452 e. The summed E-state index contributed by atoms with van der Waals surface area (Å²) < 4.78 is 6.58. The third-order valence-electron chi connectivity index (χ3n) is 4.99. The summed E-state index contributed by atoms with van der Waals surface area (Å²) in [5.74, 6) is -0.693. The summed E-state index contributed by atoms with van der Waals surface area (Å²) >= 11 is 9.52. The summed E-state index contributed by atoms with van der Waals surface area (Å²) in [6, 6.07) is 7.82. The highest BCUT2D eigenvalue weighted by atomic mass is 79.9. The van der Waals surface area contributed by atoms with Gasteiger partial charge >= 0.3 is 6.09 Å². The van der Waals surface area contributed by atoms with Crippen LogP contribution in [0.1, 0.15) is 45.8 Å². The standard InChI is InChI=1S/C23H24BrClN6O4/c1-12(2)30(23(34)35-5)29-21(32)16-10-15(25)9-14(4)19(16)27-22(33)17-11-18(24)28-31(17)20-13(3)7-6-8-26-20/h6-12H,1-5H3,(H,27,33)(H,29,32). The van der Waals surface area contributed by atoms with Gasteiger partial charge in [-0.15, -0.1) is 0 Å². The van der Waals surface area contributed by atoms with Gasteiger partial charge in [-0.05, 0) is 73.0 Å². The third kappa shape index (κ3) is 5.80. The van der Waals surface area contributed by atoms with Crippen LogP contribution < -0.4 is 10.7 Å². The Kier molecular flexibility index (Phi) is 8.13. The lowest BCUT2D eigenvalue weighted by Gasteiger charge is -2.26. The van der Waals surface area contributed by atoms with Gasteiger partial charge in [0.15, 0.2) is 5.82 Å². The number of rotatable bonds is 5. The van der Waals surface area contributed by atoms with E-state index in [1.54, 1.807) is 45.2 Å². The number of nitrogens with one attached hydrogen (secondary N) is 2. The molecule has 0 saturated heterocycles. The first-order valence-electron chi connectivity index (χ1n) is 10.5. The second-order valence-corrected chi connectivity index (χ2v) is 9.13. The number of ether oxygens (including phenoxy) is 1. The molecule has 0 aliphatic carbocycles. The average Bonchev–Trinajstić information content (AvgIpc) is 3.19.